The van der Waals surface area contributed by atoms with Crippen molar-refractivity contribution in [2.24, 2.45) is 0 Å². The van der Waals surface area contributed by atoms with Crippen LogP contribution in [0.2, 0.25) is 0 Å². The summed E-state index contributed by atoms with van der Waals surface area (Å²) in [5, 5.41) is 2.53. The molecule has 1 aromatic carbocycles. The maximum absolute atomic E-state index is 13.5. The number of rotatable bonds is 4. The molecule has 0 saturated heterocycles. The van der Waals surface area contributed by atoms with Crippen LogP contribution >= 0.6 is 11.8 Å². The number of carbonyl (C=O) groups excluding carboxylic acids is 2. The van der Waals surface area contributed by atoms with Crippen molar-refractivity contribution >= 4 is 29.3 Å². The van der Waals surface area contributed by atoms with Crippen molar-refractivity contribution in [2.75, 3.05) is 18.1 Å². The zero-order valence-electron chi connectivity index (χ0n) is 13.1. The Morgan fingerprint density at radius 1 is 1.30 bits per heavy atom. The molecule has 0 aromatic heterocycles. The molecule has 1 saturated carbocycles. The molecule has 1 aromatic rings. The summed E-state index contributed by atoms with van der Waals surface area (Å²) in [7, 11) is 1.56. The number of nitrogens with zero attached hydrogens (tertiary/aromatic N) is 1. The average Bonchev–Trinajstić information content (AvgIpc) is 2.98. The number of benzene rings is 1. The highest BCUT2D eigenvalue weighted by molar-refractivity contribution is 7.99. The van der Waals surface area contributed by atoms with E-state index in [1.165, 1.54) is 11.0 Å². The van der Waals surface area contributed by atoms with Crippen LogP contribution < -0.4 is 5.32 Å². The molecule has 0 aliphatic heterocycles. The maximum Gasteiger partial charge on any atom is 0.314 e. The quantitative estimate of drug-likeness (QED) is 0.856. The molecule has 1 aliphatic carbocycles. The molecule has 0 bridgehead atoms. The number of thioether (sulfide) groups is 1. The van der Waals surface area contributed by atoms with Gasteiger partial charge in [0.2, 0.25) is 0 Å². The fourth-order valence-corrected chi connectivity index (χ4v) is 3.90. The smallest absolute Gasteiger partial charge is 0.314 e. The highest BCUT2D eigenvalue weighted by Gasteiger charge is 2.32. The van der Waals surface area contributed by atoms with Gasteiger partial charge in [0, 0.05) is 18.3 Å². The molecular formula is C16H20F2N2O2S. The highest BCUT2D eigenvalue weighted by atomic mass is 32.2. The van der Waals surface area contributed by atoms with Crippen molar-refractivity contribution in [3.05, 3.63) is 29.8 Å². The molecule has 1 N–H and O–H groups in total. The molecule has 7 heteroatoms. The topological polar surface area (TPSA) is 49.4 Å². The molecule has 4 nitrogen and oxygen atoms in total. The second kappa shape index (κ2) is 7.77. The lowest BCUT2D eigenvalue weighted by Gasteiger charge is -2.24. The summed E-state index contributed by atoms with van der Waals surface area (Å²) >= 11 is 1.85. The van der Waals surface area contributed by atoms with Crippen LogP contribution in [0.1, 0.15) is 26.2 Å². The van der Waals surface area contributed by atoms with Gasteiger partial charge in [-0.2, -0.15) is 11.8 Å². The number of likely N-dealkylation sites (N-methyl/N-ethyl adjacent to an activating group) is 1. The SMILES string of the molecule is CCSC1CCC(N(C)C(=O)C(=O)Nc2c(F)cccc2F)C1. The van der Waals surface area contributed by atoms with Gasteiger partial charge in [-0.1, -0.05) is 13.0 Å². The van der Waals surface area contributed by atoms with Gasteiger partial charge in [0.15, 0.2) is 0 Å². The van der Waals surface area contributed by atoms with E-state index in [1.807, 2.05) is 17.1 Å². The van der Waals surface area contributed by atoms with Crippen molar-refractivity contribution < 1.29 is 18.4 Å². The Morgan fingerprint density at radius 2 is 1.96 bits per heavy atom. The fraction of sp³-hybridized carbons (Fsp3) is 0.500. The Bertz CT molecular complexity index is 577. The van der Waals surface area contributed by atoms with Crippen LogP contribution in [-0.4, -0.2) is 40.8 Å². The standard InChI is InChI=1S/C16H20F2N2O2S/c1-3-23-11-8-7-10(9-11)20(2)16(22)15(21)19-14-12(17)5-4-6-13(14)18/h4-6,10-11H,3,7-9H2,1-2H3,(H,19,21). The first-order valence-electron chi connectivity index (χ1n) is 7.57. The third kappa shape index (κ3) is 4.22. The molecule has 2 atom stereocenters. The average molecular weight is 342 g/mol. The first-order valence-corrected chi connectivity index (χ1v) is 8.62. The maximum atomic E-state index is 13.5. The molecule has 1 aliphatic rings. The summed E-state index contributed by atoms with van der Waals surface area (Å²) in [6.07, 6.45) is 2.67. The summed E-state index contributed by atoms with van der Waals surface area (Å²) in [5.41, 5.74) is -0.593. The van der Waals surface area contributed by atoms with E-state index >= 15 is 0 Å². The number of hydrogen-bond donors (Lipinski definition) is 1. The lowest BCUT2D eigenvalue weighted by Crippen LogP contribution is -2.42. The summed E-state index contributed by atoms with van der Waals surface area (Å²) < 4.78 is 27.1. The van der Waals surface area contributed by atoms with Gasteiger partial charge in [-0.25, -0.2) is 8.78 Å². The van der Waals surface area contributed by atoms with Gasteiger partial charge in [-0.05, 0) is 37.1 Å². The molecule has 0 spiro atoms. The number of amides is 2. The third-order valence-corrected chi connectivity index (χ3v) is 5.26. The van der Waals surface area contributed by atoms with Gasteiger partial charge in [-0.3, -0.25) is 9.59 Å². The summed E-state index contributed by atoms with van der Waals surface area (Å²) in [6, 6.07) is 3.23. The Kier molecular flexibility index (Phi) is 5.98. The highest BCUT2D eigenvalue weighted by Crippen LogP contribution is 2.32. The van der Waals surface area contributed by atoms with E-state index in [2.05, 4.69) is 6.92 Å². The molecular weight excluding hydrogens is 322 g/mol. The second-order valence-corrected chi connectivity index (χ2v) is 7.09. The third-order valence-electron chi connectivity index (χ3n) is 4.02. The van der Waals surface area contributed by atoms with Gasteiger partial charge in [0.1, 0.15) is 17.3 Å². The molecule has 0 heterocycles. The first kappa shape index (κ1) is 17.7. The molecule has 2 unspecified atom stereocenters. The van der Waals surface area contributed by atoms with Crippen LogP contribution in [0.15, 0.2) is 18.2 Å². The van der Waals surface area contributed by atoms with E-state index in [9.17, 15) is 18.4 Å². The van der Waals surface area contributed by atoms with Crippen LogP contribution in [0.4, 0.5) is 14.5 Å². The van der Waals surface area contributed by atoms with Crippen LogP contribution in [0.5, 0.6) is 0 Å². The zero-order valence-corrected chi connectivity index (χ0v) is 14.0. The summed E-state index contributed by atoms with van der Waals surface area (Å²) in [5.74, 6) is -2.60. The van der Waals surface area contributed by atoms with E-state index in [1.54, 1.807) is 7.05 Å². The van der Waals surface area contributed by atoms with E-state index in [-0.39, 0.29) is 6.04 Å². The predicted molar refractivity (Wildman–Crippen MR) is 87.3 cm³/mol. The van der Waals surface area contributed by atoms with Crippen LogP contribution in [0, 0.1) is 11.6 Å². The minimum atomic E-state index is -1.02. The molecule has 0 radical (unpaired) electrons. The Balaban J connectivity index is 1.98. The summed E-state index contributed by atoms with van der Waals surface area (Å²) in [6.45, 7) is 2.09. The second-order valence-electron chi connectivity index (χ2n) is 5.51. The van der Waals surface area contributed by atoms with Crippen molar-refractivity contribution in [3.63, 3.8) is 0 Å². The van der Waals surface area contributed by atoms with Crippen LogP contribution in [0.3, 0.4) is 0 Å². The largest absolute Gasteiger partial charge is 0.334 e. The molecule has 2 amide bonds. The van der Waals surface area contributed by atoms with E-state index in [0.29, 0.717) is 5.25 Å². The van der Waals surface area contributed by atoms with Gasteiger partial charge < -0.3 is 10.2 Å². The summed E-state index contributed by atoms with van der Waals surface area (Å²) in [4.78, 5) is 25.5. The van der Waals surface area contributed by atoms with E-state index in [0.717, 1.165) is 37.1 Å². The number of anilines is 1. The molecule has 126 valence electrons. The van der Waals surface area contributed by atoms with Crippen LogP contribution in [0.25, 0.3) is 0 Å². The minimum Gasteiger partial charge on any atom is -0.334 e. The monoisotopic (exact) mass is 342 g/mol. The van der Waals surface area contributed by atoms with E-state index in [4.69, 9.17) is 0 Å². The Hall–Kier alpha value is -1.63. The number of carbonyl (C=O) groups is 2. The minimum absolute atomic E-state index is 0.0113. The van der Waals surface area contributed by atoms with Crippen molar-refractivity contribution in [3.8, 4) is 0 Å². The fourth-order valence-electron chi connectivity index (χ4n) is 2.77. The van der Waals surface area contributed by atoms with Crippen molar-refractivity contribution in [2.45, 2.75) is 37.5 Å². The van der Waals surface area contributed by atoms with E-state index < -0.39 is 29.1 Å². The van der Waals surface area contributed by atoms with Gasteiger partial charge in [-0.15, -0.1) is 0 Å². The molecule has 2 rings (SSSR count). The van der Waals surface area contributed by atoms with Gasteiger partial charge in [0.25, 0.3) is 0 Å². The molecule has 23 heavy (non-hydrogen) atoms. The lowest BCUT2D eigenvalue weighted by atomic mass is 10.2. The molecule has 1 fully saturated rings. The van der Waals surface area contributed by atoms with Crippen LogP contribution in [-0.2, 0) is 9.59 Å². The zero-order chi connectivity index (χ0) is 17.0. The van der Waals surface area contributed by atoms with Gasteiger partial charge in [0.05, 0.1) is 0 Å². The number of hydrogen-bond acceptors (Lipinski definition) is 3. The lowest BCUT2D eigenvalue weighted by molar-refractivity contribution is -0.143. The Morgan fingerprint density at radius 3 is 2.57 bits per heavy atom. The first-order chi connectivity index (χ1) is 10.9. The predicted octanol–water partition coefficient (Wildman–Crippen LogP) is 3.04. The number of para-hydroxylation sites is 1. The normalized spacial score (nSPS) is 20.3. The van der Waals surface area contributed by atoms with Crippen molar-refractivity contribution in [1.82, 2.24) is 4.90 Å². The number of nitrogens with one attached hydrogen (secondary N) is 1. The van der Waals surface area contributed by atoms with Gasteiger partial charge >= 0.3 is 11.8 Å². The Labute approximate surface area is 138 Å². The van der Waals surface area contributed by atoms with Crippen molar-refractivity contribution in [1.29, 1.82) is 0 Å². The number of halogens is 2.